The highest BCUT2D eigenvalue weighted by Crippen LogP contribution is 2.23. The summed E-state index contributed by atoms with van der Waals surface area (Å²) in [5, 5.41) is 9.78. The highest BCUT2D eigenvalue weighted by molar-refractivity contribution is 7.98. The Morgan fingerprint density at radius 1 is 1.20 bits per heavy atom. The zero-order chi connectivity index (χ0) is 17.8. The topological polar surface area (TPSA) is 80.8 Å². The number of nitriles is 1. The zero-order valence-corrected chi connectivity index (χ0v) is 14.4. The number of rotatable bonds is 4. The van der Waals surface area contributed by atoms with E-state index in [9.17, 15) is 10.1 Å². The lowest BCUT2D eigenvalue weighted by Gasteiger charge is -2.14. The lowest BCUT2D eigenvalue weighted by atomic mass is 10.2. The first kappa shape index (κ1) is 16.7. The minimum atomic E-state index is -0.423. The van der Waals surface area contributed by atoms with Crippen LogP contribution in [0.1, 0.15) is 5.56 Å². The number of aromatic nitrogens is 3. The second kappa shape index (κ2) is 7.20. The highest BCUT2D eigenvalue weighted by atomic mass is 32.2. The molecule has 0 spiro atoms. The summed E-state index contributed by atoms with van der Waals surface area (Å²) >= 11 is 1.26. The summed E-state index contributed by atoms with van der Waals surface area (Å²) in [7, 11) is 1.57. The van der Waals surface area contributed by atoms with E-state index in [1.807, 2.05) is 12.1 Å². The van der Waals surface area contributed by atoms with Gasteiger partial charge in [-0.25, -0.2) is 4.98 Å². The molecule has 0 N–H and O–H groups in total. The molecule has 0 aliphatic heterocycles. The van der Waals surface area contributed by atoms with Gasteiger partial charge in [0.05, 0.1) is 12.8 Å². The van der Waals surface area contributed by atoms with Gasteiger partial charge in [0.25, 0.3) is 5.56 Å². The number of thioether (sulfide) groups is 1. The summed E-state index contributed by atoms with van der Waals surface area (Å²) in [6.45, 7) is 0. The lowest BCUT2D eigenvalue weighted by Crippen LogP contribution is -2.25. The molecule has 2 heterocycles. The third-order valence-corrected chi connectivity index (χ3v) is 4.26. The monoisotopic (exact) mass is 350 g/mol. The Bertz CT molecular complexity index is 993. The Morgan fingerprint density at radius 2 is 1.96 bits per heavy atom. The average Bonchev–Trinajstić information content (AvgIpc) is 2.68. The predicted octanol–water partition coefficient (Wildman–Crippen LogP) is 2.90. The van der Waals surface area contributed by atoms with E-state index >= 15 is 0 Å². The summed E-state index contributed by atoms with van der Waals surface area (Å²) in [6.07, 6.45) is 3.42. The van der Waals surface area contributed by atoms with E-state index in [0.717, 1.165) is 0 Å². The van der Waals surface area contributed by atoms with Crippen molar-refractivity contribution in [2.24, 2.45) is 0 Å². The second-order valence-electron chi connectivity index (χ2n) is 4.99. The van der Waals surface area contributed by atoms with Gasteiger partial charge in [0.1, 0.15) is 28.1 Å². The average molecular weight is 350 g/mol. The molecule has 0 saturated heterocycles. The van der Waals surface area contributed by atoms with E-state index in [1.54, 1.807) is 56.0 Å². The maximum atomic E-state index is 13.0. The normalized spacial score (nSPS) is 10.3. The maximum Gasteiger partial charge on any atom is 0.277 e. The lowest BCUT2D eigenvalue weighted by molar-refractivity contribution is 0.414. The molecule has 0 fully saturated rings. The fourth-order valence-corrected chi connectivity index (χ4v) is 2.90. The summed E-state index contributed by atoms with van der Waals surface area (Å²) in [5.41, 5.74) is 0.731. The van der Waals surface area contributed by atoms with Gasteiger partial charge in [0.15, 0.2) is 5.82 Å². The number of benzene rings is 1. The molecule has 0 bridgehead atoms. The molecular weight excluding hydrogens is 336 g/mol. The van der Waals surface area contributed by atoms with Crippen molar-refractivity contribution in [1.29, 1.82) is 5.26 Å². The molecule has 7 heteroatoms. The fraction of sp³-hybridized carbons (Fsp3) is 0.111. The van der Waals surface area contributed by atoms with Crippen molar-refractivity contribution in [2.75, 3.05) is 13.4 Å². The quantitative estimate of drug-likeness (QED) is 0.532. The zero-order valence-electron chi connectivity index (χ0n) is 13.6. The predicted molar refractivity (Wildman–Crippen MR) is 96.1 cm³/mol. The molecule has 25 heavy (non-hydrogen) atoms. The van der Waals surface area contributed by atoms with E-state index in [2.05, 4.69) is 9.97 Å². The Balaban J connectivity index is 2.35. The first-order valence-electron chi connectivity index (χ1n) is 7.36. The second-order valence-corrected chi connectivity index (χ2v) is 5.78. The molecule has 1 aromatic carbocycles. The molecular formula is C18H14N4O2S. The van der Waals surface area contributed by atoms with Crippen molar-refractivity contribution in [3.8, 4) is 29.0 Å². The Kier molecular flexibility index (Phi) is 4.82. The maximum absolute atomic E-state index is 13.0. The molecule has 0 aliphatic carbocycles. The van der Waals surface area contributed by atoms with Gasteiger partial charge in [0.2, 0.25) is 0 Å². The van der Waals surface area contributed by atoms with E-state index < -0.39 is 5.56 Å². The Labute approximate surface area is 148 Å². The summed E-state index contributed by atoms with van der Waals surface area (Å²) in [4.78, 5) is 21.8. The van der Waals surface area contributed by atoms with Crippen LogP contribution in [-0.4, -0.2) is 27.9 Å². The van der Waals surface area contributed by atoms with Gasteiger partial charge in [-0.2, -0.15) is 5.26 Å². The van der Waals surface area contributed by atoms with Crippen LogP contribution in [0.25, 0.3) is 17.2 Å². The SMILES string of the molecule is COc1ccc(-n2c(-c3ccccn3)nc(SC)c(C#N)c2=O)cc1. The third-order valence-electron chi connectivity index (χ3n) is 3.58. The van der Waals surface area contributed by atoms with Crippen LogP contribution in [-0.2, 0) is 0 Å². The molecule has 0 amide bonds. The molecule has 3 rings (SSSR count). The van der Waals surface area contributed by atoms with E-state index in [1.165, 1.54) is 16.3 Å². The van der Waals surface area contributed by atoms with Gasteiger partial charge in [-0.05, 0) is 42.7 Å². The van der Waals surface area contributed by atoms with E-state index in [4.69, 9.17) is 4.74 Å². The number of ether oxygens (including phenoxy) is 1. The first-order valence-corrected chi connectivity index (χ1v) is 8.59. The van der Waals surface area contributed by atoms with E-state index in [-0.39, 0.29) is 5.56 Å². The van der Waals surface area contributed by atoms with Gasteiger partial charge in [-0.3, -0.25) is 14.3 Å². The molecule has 0 aliphatic rings. The van der Waals surface area contributed by atoms with Crippen LogP contribution < -0.4 is 10.3 Å². The van der Waals surface area contributed by atoms with Crippen molar-refractivity contribution in [1.82, 2.24) is 14.5 Å². The molecule has 0 unspecified atom stereocenters. The number of hydrogen-bond donors (Lipinski definition) is 0. The fourth-order valence-electron chi connectivity index (χ4n) is 2.38. The van der Waals surface area contributed by atoms with Crippen LogP contribution >= 0.6 is 11.8 Å². The molecule has 0 atom stereocenters. The van der Waals surface area contributed by atoms with Crippen LogP contribution in [0.15, 0.2) is 58.5 Å². The highest BCUT2D eigenvalue weighted by Gasteiger charge is 2.19. The standard InChI is InChI=1S/C18H14N4O2S/c1-24-13-8-6-12(7-9-13)22-16(15-5-3-4-10-20-15)21-17(25-2)14(11-19)18(22)23/h3-10H,1-2H3. The summed E-state index contributed by atoms with van der Waals surface area (Å²) < 4.78 is 6.56. The summed E-state index contributed by atoms with van der Waals surface area (Å²) in [5.74, 6) is 1.06. The number of pyridine rings is 1. The van der Waals surface area contributed by atoms with Crippen LogP contribution in [0.5, 0.6) is 5.75 Å². The van der Waals surface area contributed by atoms with Crippen LogP contribution in [0.3, 0.4) is 0 Å². The molecule has 2 aromatic heterocycles. The third kappa shape index (κ3) is 3.12. The largest absolute Gasteiger partial charge is 0.497 e. The Morgan fingerprint density at radius 3 is 2.52 bits per heavy atom. The van der Waals surface area contributed by atoms with Gasteiger partial charge < -0.3 is 4.74 Å². The number of nitrogens with zero attached hydrogens (tertiary/aromatic N) is 4. The van der Waals surface area contributed by atoms with Crippen molar-refractivity contribution in [3.05, 3.63) is 64.6 Å². The van der Waals surface area contributed by atoms with Gasteiger partial charge in [-0.15, -0.1) is 11.8 Å². The minimum Gasteiger partial charge on any atom is -0.497 e. The number of methoxy groups -OCH3 is 1. The van der Waals surface area contributed by atoms with Crippen LogP contribution in [0.2, 0.25) is 0 Å². The molecule has 0 saturated carbocycles. The molecule has 3 aromatic rings. The first-order chi connectivity index (χ1) is 12.2. The van der Waals surface area contributed by atoms with Crippen molar-refractivity contribution in [3.63, 3.8) is 0 Å². The molecule has 0 radical (unpaired) electrons. The Hall–Kier alpha value is -3.11. The van der Waals surface area contributed by atoms with Crippen LogP contribution in [0, 0.1) is 11.3 Å². The van der Waals surface area contributed by atoms with Crippen molar-refractivity contribution < 1.29 is 4.74 Å². The molecule has 124 valence electrons. The van der Waals surface area contributed by atoms with Gasteiger partial charge in [-0.1, -0.05) is 6.07 Å². The van der Waals surface area contributed by atoms with Crippen molar-refractivity contribution >= 4 is 11.8 Å². The van der Waals surface area contributed by atoms with E-state index in [0.29, 0.717) is 28.0 Å². The number of hydrogen-bond acceptors (Lipinski definition) is 6. The van der Waals surface area contributed by atoms with Gasteiger partial charge in [0, 0.05) is 6.20 Å². The van der Waals surface area contributed by atoms with Crippen LogP contribution in [0.4, 0.5) is 0 Å². The van der Waals surface area contributed by atoms with Gasteiger partial charge >= 0.3 is 0 Å². The molecule has 6 nitrogen and oxygen atoms in total. The summed E-state index contributed by atoms with van der Waals surface area (Å²) in [6, 6.07) is 14.3. The smallest absolute Gasteiger partial charge is 0.277 e. The minimum absolute atomic E-state index is 0.0167. The van der Waals surface area contributed by atoms with Crippen molar-refractivity contribution in [2.45, 2.75) is 5.03 Å².